The summed E-state index contributed by atoms with van der Waals surface area (Å²) >= 11 is 0. The Hall–Kier alpha value is -0.300. The Morgan fingerprint density at radius 3 is 2.88 bits per heavy atom. The van der Waals surface area contributed by atoms with Crippen LogP contribution in [0.1, 0.15) is 26.2 Å². The molecule has 0 heterocycles. The molecule has 8 heavy (non-hydrogen) atoms. The molecule has 0 fully saturated rings. The highest BCUT2D eigenvalue weighted by Crippen LogP contribution is 2.16. The number of rotatable bonds is 0. The van der Waals surface area contributed by atoms with E-state index in [1.54, 1.807) is 0 Å². The summed E-state index contributed by atoms with van der Waals surface area (Å²) in [6.07, 6.45) is 5.05. The minimum absolute atomic E-state index is 0.0556. The van der Waals surface area contributed by atoms with Crippen molar-refractivity contribution in [2.45, 2.75) is 32.3 Å². The monoisotopic (exact) mass is 112 g/mol. The normalized spacial score (nSPS) is 29.8. The number of aliphatic hydroxyl groups excluding tert-OH is 1. The molecule has 0 aliphatic heterocycles. The van der Waals surface area contributed by atoms with E-state index >= 15 is 0 Å². The van der Waals surface area contributed by atoms with Crippen molar-refractivity contribution in [3.8, 4) is 0 Å². The van der Waals surface area contributed by atoms with Crippen molar-refractivity contribution in [3.63, 3.8) is 0 Å². The molecule has 0 aromatic carbocycles. The molecular weight excluding hydrogens is 100 g/mol. The number of hydrogen-bond donors (Lipinski definition) is 1. The van der Waals surface area contributed by atoms with Gasteiger partial charge in [-0.05, 0) is 26.2 Å². The van der Waals surface area contributed by atoms with Crippen LogP contribution in [0.25, 0.3) is 0 Å². The maximum absolute atomic E-state index is 9.04. The lowest BCUT2D eigenvalue weighted by atomic mass is 9.98. The van der Waals surface area contributed by atoms with Crippen LogP contribution in [0.5, 0.6) is 0 Å². The maximum atomic E-state index is 9.04. The van der Waals surface area contributed by atoms with E-state index in [2.05, 4.69) is 13.0 Å². The molecule has 1 nitrogen and oxygen atoms in total. The van der Waals surface area contributed by atoms with Gasteiger partial charge in [0.2, 0.25) is 0 Å². The Labute approximate surface area is 50.0 Å². The predicted molar refractivity (Wildman–Crippen MR) is 33.6 cm³/mol. The molecule has 0 spiro atoms. The van der Waals surface area contributed by atoms with Gasteiger partial charge in [0.1, 0.15) is 0 Å². The predicted octanol–water partition coefficient (Wildman–Crippen LogP) is 1.48. The summed E-state index contributed by atoms with van der Waals surface area (Å²) in [6, 6.07) is 0. The maximum Gasteiger partial charge on any atom is 0.0580 e. The zero-order chi connectivity index (χ0) is 5.98. The van der Waals surface area contributed by atoms with Crippen LogP contribution in [-0.2, 0) is 0 Å². The zero-order valence-electron chi connectivity index (χ0n) is 5.22. The first-order chi connectivity index (χ1) is 3.79. The molecule has 1 atom stereocenters. The summed E-state index contributed by atoms with van der Waals surface area (Å²) in [4.78, 5) is 0. The Bertz CT molecular complexity index is 105. The lowest BCUT2D eigenvalue weighted by Crippen LogP contribution is -2.09. The molecule has 1 aliphatic carbocycles. The first-order valence-corrected chi connectivity index (χ1v) is 3.13. The van der Waals surface area contributed by atoms with E-state index in [4.69, 9.17) is 5.11 Å². The molecule has 0 aromatic rings. The van der Waals surface area contributed by atoms with Gasteiger partial charge in [-0.3, -0.25) is 0 Å². The molecule has 46 valence electrons. The fourth-order valence-corrected chi connectivity index (χ4v) is 1.08. The first-order valence-electron chi connectivity index (χ1n) is 3.13. The van der Waals surface area contributed by atoms with Gasteiger partial charge >= 0.3 is 0 Å². The number of aliphatic hydroxyl groups is 1. The van der Waals surface area contributed by atoms with Crippen molar-refractivity contribution in [2.24, 2.45) is 0 Å². The molecule has 1 aliphatic rings. The Morgan fingerprint density at radius 2 is 2.50 bits per heavy atom. The Morgan fingerprint density at radius 1 is 1.75 bits per heavy atom. The second-order valence-corrected chi connectivity index (χ2v) is 2.49. The van der Waals surface area contributed by atoms with Gasteiger partial charge in [-0.25, -0.2) is 0 Å². The molecule has 0 bridgehead atoms. The molecule has 1 N–H and O–H groups in total. The fourth-order valence-electron chi connectivity index (χ4n) is 1.08. The minimum Gasteiger partial charge on any atom is -0.393 e. The average Bonchev–Trinajstić information content (AvgIpc) is 1.64. The van der Waals surface area contributed by atoms with Gasteiger partial charge in [0.25, 0.3) is 0 Å². The minimum atomic E-state index is -0.0556. The summed E-state index contributed by atoms with van der Waals surface area (Å²) in [5.74, 6) is 0. The second-order valence-electron chi connectivity index (χ2n) is 2.49. The van der Waals surface area contributed by atoms with E-state index < -0.39 is 0 Å². The van der Waals surface area contributed by atoms with Crippen molar-refractivity contribution in [2.75, 3.05) is 0 Å². The third kappa shape index (κ3) is 1.34. The lowest BCUT2D eigenvalue weighted by Gasteiger charge is -2.14. The lowest BCUT2D eigenvalue weighted by molar-refractivity contribution is 0.160. The van der Waals surface area contributed by atoms with Crippen LogP contribution in [0.4, 0.5) is 0 Å². The third-order valence-electron chi connectivity index (χ3n) is 1.55. The van der Waals surface area contributed by atoms with Crippen molar-refractivity contribution in [1.82, 2.24) is 0 Å². The average molecular weight is 112 g/mol. The summed E-state index contributed by atoms with van der Waals surface area (Å²) in [5, 5.41) is 9.04. The van der Waals surface area contributed by atoms with Gasteiger partial charge in [0.05, 0.1) is 6.10 Å². The quantitative estimate of drug-likeness (QED) is 0.470. The van der Waals surface area contributed by atoms with Crippen LogP contribution in [0.15, 0.2) is 11.6 Å². The SMILES string of the molecule is CC1=CCC[C@H](O)C1. The van der Waals surface area contributed by atoms with Crippen LogP contribution in [0.2, 0.25) is 0 Å². The fraction of sp³-hybridized carbons (Fsp3) is 0.714. The molecule has 0 saturated carbocycles. The van der Waals surface area contributed by atoms with Crippen LogP contribution in [-0.4, -0.2) is 11.2 Å². The van der Waals surface area contributed by atoms with Gasteiger partial charge in [0, 0.05) is 0 Å². The molecular formula is C7H12O. The largest absolute Gasteiger partial charge is 0.393 e. The summed E-state index contributed by atoms with van der Waals surface area (Å²) < 4.78 is 0. The van der Waals surface area contributed by atoms with Crippen molar-refractivity contribution in [3.05, 3.63) is 11.6 Å². The third-order valence-corrected chi connectivity index (χ3v) is 1.55. The van der Waals surface area contributed by atoms with Crippen LogP contribution in [0.3, 0.4) is 0 Å². The first kappa shape index (κ1) is 5.83. The van der Waals surface area contributed by atoms with E-state index in [1.807, 2.05) is 0 Å². The Balaban J connectivity index is 2.45. The van der Waals surface area contributed by atoms with E-state index in [0.29, 0.717) is 0 Å². The van der Waals surface area contributed by atoms with E-state index in [-0.39, 0.29) is 6.10 Å². The van der Waals surface area contributed by atoms with Gasteiger partial charge < -0.3 is 5.11 Å². The summed E-state index contributed by atoms with van der Waals surface area (Å²) in [5.41, 5.74) is 1.34. The van der Waals surface area contributed by atoms with Crippen molar-refractivity contribution in [1.29, 1.82) is 0 Å². The highest BCUT2D eigenvalue weighted by molar-refractivity contribution is 5.03. The number of allylic oxidation sites excluding steroid dienone is 1. The summed E-state index contributed by atoms with van der Waals surface area (Å²) in [7, 11) is 0. The van der Waals surface area contributed by atoms with Gasteiger partial charge in [0.15, 0.2) is 0 Å². The van der Waals surface area contributed by atoms with E-state index in [1.165, 1.54) is 5.57 Å². The standard InChI is InChI=1S/C7H12O/c1-6-3-2-4-7(8)5-6/h3,7-8H,2,4-5H2,1H3/t7-/m0/s1. The molecule has 1 heteroatoms. The molecule has 0 saturated heterocycles. The molecule has 1 rings (SSSR count). The van der Waals surface area contributed by atoms with Crippen LogP contribution < -0.4 is 0 Å². The molecule has 0 radical (unpaired) electrons. The Kier molecular flexibility index (Phi) is 1.69. The highest BCUT2D eigenvalue weighted by atomic mass is 16.3. The van der Waals surface area contributed by atoms with E-state index in [0.717, 1.165) is 19.3 Å². The van der Waals surface area contributed by atoms with Gasteiger partial charge in [-0.15, -0.1) is 0 Å². The van der Waals surface area contributed by atoms with E-state index in [9.17, 15) is 0 Å². The van der Waals surface area contributed by atoms with Crippen LogP contribution in [0, 0.1) is 0 Å². The zero-order valence-corrected chi connectivity index (χ0v) is 5.22. The highest BCUT2D eigenvalue weighted by Gasteiger charge is 2.07. The molecule has 0 aromatic heterocycles. The van der Waals surface area contributed by atoms with Crippen LogP contribution >= 0.6 is 0 Å². The molecule has 0 amide bonds. The topological polar surface area (TPSA) is 20.2 Å². The van der Waals surface area contributed by atoms with Gasteiger partial charge in [-0.2, -0.15) is 0 Å². The van der Waals surface area contributed by atoms with Crippen molar-refractivity contribution < 1.29 is 5.11 Å². The second kappa shape index (κ2) is 2.31. The summed E-state index contributed by atoms with van der Waals surface area (Å²) in [6.45, 7) is 2.07. The number of hydrogen-bond acceptors (Lipinski definition) is 1. The van der Waals surface area contributed by atoms with Gasteiger partial charge in [-0.1, -0.05) is 11.6 Å². The van der Waals surface area contributed by atoms with Crippen molar-refractivity contribution >= 4 is 0 Å². The smallest absolute Gasteiger partial charge is 0.0580 e. The molecule has 0 unspecified atom stereocenters.